The zero-order valence-corrected chi connectivity index (χ0v) is 24.5. The minimum atomic E-state index is -0.950. The van der Waals surface area contributed by atoms with E-state index in [1.54, 1.807) is 4.57 Å². The summed E-state index contributed by atoms with van der Waals surface area (Å²) in [6, 6.07) is 7.39. The molecule has 38 heavy (non-hydrogen) atoms. The lowest BCUT2D eigenvalue weighted by Gasteiger charge is -2.24. The highest BCUT2D eigenvalue weighted by atomic mass is 79.9. The summed E-state index contributed by atoms with van der Waals surface area (Å²) in [6.45, 7) is 1.04. The summed E-state index contributed by atoms with van der Waals surface area (Å²) in [5.74, 6) is 0.335. The number of aromatic amines is 1. The van der Waals surface area contributed by atoms with Crippen LogP contribution in [0.4, 0.5) is 0 Å². The Morgan fingerprint density at radius 3 is 2.03 bits per heavy atom. The second-order valence-corrected chi connectivity index (χ2v) is 12.8. The maximum absolute atomic E-state index is 13.7. The van der Waals surface area contributed by atoms with Gasteiger partial charge in [0.05, 0.1) is 4.83 Å². The number of benzene rings is 1. The molecule has 204 valence electrons. The number of aliphatic carboxylic acids is 1. The normalized spacial score (nSPS) is 19.0. The average molecular weight is 650 g/mol. The summed E-state index contributed by atoms with van der Waals surface area (Å²) >= 11 is 6.65. The average Bonchev–Trinajstić information content (AvgIpc) is 3.39. The standard InChI is InChI=1S/C28H34Br2N4O4/c29-21(22(30)27(36)37)19-11-13-20(14-12-19)24-31-23-25(32-24)33(15-17-7-3-1-4-8-17)28(38)34(26(23)35)16-18-9-5-2-6-10-18/h11-14,17-18,21-22H,1-10,15-16H2,(H,31,32)(H,36,37). The Labute approximate surface area is 238 Å². The van der Waals surface area contributed by atoms with Gasteiger partial charge >= 0.3 is 11.7 Å². The molecule has 0 spiro atoms. The van der Waals surface area contributed by atoms with Crippen molar-refractivity contribution in [2.45, 2.75) is 87.0 Å². The van der Waals surface area contributed by atoms with Gasteiger partial charge in [-0.1, -0.05) is 94.7 Å². The first-order valence-electron chi connectivity index (χ1n) is 13.7. The molecule has 0 bridgehead atoms. The van der Waals surface area contributed by atoms with Gasteiger partial charge in [-0.2, -0.15) is 0 Å². The number of imidazole rings is 1. The van der Waals surface area contributed by atoms with Gasteiger partial charge in [-0.25, -0.2) is 9.78 Å². The predicted molar refractivity (Wildman–Crippen MR) is 155 cm³/mol. The van der Waals surface area contributed by atoms with Crippen LogP contribution in [0.3, 0.4) is 0 Å². The number of rotatable bonds is 8. The lowest BCUT2D eigenvalue weighted by Crippen LogP contribution is -2.42. The summed E-state index contributed by atoms with van der Waals surface area (Å²) in [4.78, 5) is 45.5. The quantitative estimate of drug-likeness (QED) is 0.291. The van der Waals surface area contributed by atoms with E-state index < -0.39 is 15.6 Å². The van der Waals surface area contributed by atoms with Crippen LogP contribution in [-0.2, 0) is 17.9 Å². The molecule has 10 heteroatoms. The van der Waals surface area contributed by atoms with Crippen LogP contribution in [0.2, 0.25) is 0 Å². The Hall–Kier alpha value is -2.20. The Balaban J connectivity index is 1.54. The molecule has 0 amide bonds. The van der Waals surface area contributed by atoms with E-state index in [0.717, 1.165) is 49.7 Å². The van der Waals surface area contributed by atoms with Crippen LogP contribution < -0.4 is 11.2 Å². The maximum atomic E-state index is 13.7. The Morgan fingerprint density at radius 1 is 0.921 bits per heavy atom. The number of H-pyrrole nitrogens is 1. The van der Waals surface area contributed by atoms with Crippen LogP contribution in [0.15, 0.2) is 33.9 Å². The summed E-state index contributed by atoms with van der Waals surface area (Å²) < 4.78 is 3.18. The number of aromatic nitrogens is 4. The minimum absolute atomic E-state index is 0.244. The molecule has 2 atom stereocenters. The van der Waals surface area contributed by atoms with Gasteiger partial charge in [0.2, 0.25) is 0 Å². The van der Waals surface area contributed by atoms with Crippen molar-refractivity contribution in [1.29, 1.82) is 0 Å². The molecule has 2 N–H and O–H groups in total. The van der Waals surface area contributed by atoms with Crippen LogP contribution in [0.25, 0.3) is 22.6 Å². The third-order valence-electron chi connectivity index (χ3n) is 8.19. The van der Waals surface area contributed by atoms with Crippen molar-refractivity contribution in [3.63, 3.8) is 0 Å². The van der Waals surface area contributed by atoms with Crippen LogP contribution >= 0.6 is 31.9 Å². The van der Waals surface area contributed by atoms with Gasteiger partial charge in [0.1, 0.15) is 16.2 Å². The fraction of sp³-hybridized carbons (Fsp3) is 0.571. The van der Waals surface area contributed by atoms with Gasteiger partial charge in [0.15, 0.2) is 5.65 Å². The first kappa shape index (κ1) is 27.4. The zero-order chi connectivity index (χ0) is 26.8. The van der Waals surface area contributed by atoms with Crippen molar-refractivity contribution in [2.24, 2.45) is 11.8 Å². The molecule has 0 radical (unpaired) electrons. The highest BCUT2D eigenvalue weighted by molar-refractivity contribution is 9.12. The van der Waals surface area contributed by atoms with Gasteiger partial charge in [-0.3, -0.25) is 18.7 Å². The molecule has 2 fully saturated rings. The Kier molecular flexibility index (Phi) is 8.57. The Morgan fingerprint density at radius 2 is 1.47 bits per heavy atom. The monoisotopic (exact) mass is 648 g/mol. The molecule has 0 saturated heterocycles. The van der Waals surface area contributed by atoms with Gasteiger partial charge in [0, 0.05) is 18.7 Å². The van der Waals surface area contributed by atoms with E-state index in [4.69, 9.17) is 4.98 Å². The highest BCUT2D eigenvalue weighted by Crippen LogP contribution is 2.33. The van der Waals surface area contributed by atoms with Gasteiger partial charge < -0.3 is 10.1 Å². The molecule has 3 aromatic rings. The van der Waals surface area contributed by atoms with Gasteiger partial charge in [0.25, 0.3) is 5.56 Å². The van der Waals surface area contributed by atoms with Crippen LogP contribution in [-0.4, -0.2) is 35.0 Å². The fourth-order valence-corrected chi connectivity index (χ4v) is 6.84. The number of carboxylic acids is 1. The SMILES string of the molecule is O=C(O)C(Br)C(Br)c1ccc(-c2nc3c([nH]2)c(=O)n(CC2CCCCC2)c(=O)n3CC2CCCCC2)cc1. The minimum Gasteiger partial charge on any atom is -0.480 e. The predicted octanol–water partition coefficient (Wildman–Crippen LogP) is 6.00. The molecular formula is C28H34Br2N4O4. The molecule has 2 aromatic heterocycles. The largest absolute Gasteiger partial charge is 0.480 e. The first-order chi connectivity index (χ1) is 18.3. The topological polar surface area (TPSA) is 110 Å². The van der Waals surface area contributed by atoms with Crippen molar-refractivity contribution in [2.75, 3.05) is 0 Å². The van der Waals surface area contributed by atoms with Gasteiger partial charge in [-0.15, -0.1) is 0 Å². The first-order valence-corrected chi connectivity index (χ1v) is 15.5. The van der Waals surface area contributed by atoms with Crippen LogP contribution in [0.5, 0.6) is 0 Å². The smallest absolute Gasteiger partial charge is 0.332 e. The number of carboxylic acid groups (broad SMARTS) is 1. The molecule has 8 nitrogen and oxygen atoms in total. The van der Waals surface area contributed by atoms with E-state index in [-0.39, 0.29) is 11.2 Å². The van der Waals surface area contributed by atoms with E-state index in [9.17, 15) is 19.5 Å². The molecule has 2 heterocycles. The van der Waals surface area contributed by atoms with Crippen molar-refractivity contribution in [3.8, 4) is 11.4 Å². The number of hydrogen-bond donors (Lipinski definition) is 2. The summed E-state index contributed by atoms with van der Waals surface area (Å²) in [6.07, 6.45) is 11.4. The summed E-state index contributed by atoms with van der Waals surface area (Å²) in [7, 11) is 0. The number of carbonyl (C=O) groups is 1. The maximum Gasteiger partial charge on any atom is 0.332 e. The molecule has 2 aliphatic carbocycles. The summed E-state index contributed by atoms with van der Waals surface area (Å²) in [5.41, 5.74) is 1.83. The molecular weight excluding hydrogens is 616 g/mol. The second kappa shape index (κ2) is 11.9. The molecule has 5 rings (SSSR count). The van der Waals surface area contributed by atoms with Crippen LogP contribution in [0.1, 0.15) is 74.6 Å². The lowest BCUT2D eigenvalue weighted by molar-refractivity contribution is -0.136. The van der Waals surface area contributed by atoms with Gasteiger partial charge in [-0.05, 0) is 43.1 Å². The van der Waals surface area contributed by atoms with Crippen molar-refractivity contribution < 1.29 is 9.90 Å². The third kappa shape index (κ3) is 5.71. The number of nitrogens with one attached hydrogen (secondary N) is 1. The molecule has 2 aliphatic rings. The number of nitrogens with zero attached hydrogens (tertiary/aromatic N) is 3. The van der Waals surface area contributed by atoms with E-state index in [2.05, 4.69) is 36.8 Å². The lowest BCUT2D eigenvalue weighted by atomic mass is 9.89. The number of hydrogen-bond acceptors (Lipinski definition) is 4. The zero-order valence-electron chi connectivity index (χ0n) is 21.4. The highest BCUT2D eigenvalue weighted by Gasteiger charge is 2.26. The van der Waals surface area contributed by atoms with Crippen LogP contribution in [0, 0.1) is 11.8 Å². The Bertz CT molecular complexity index is 1400. The second-order valence-electron chi connectivity index (χ2n) is 10.9. The van der Waals surface area contributed by atoms with Crippen molar-refractivity contribution >= 4 is 49.0 Å². The molecule has 0 aliphatic heterocycles. The molecule has 2 unspecified atom stereocenters. The van der Waals surface area contributed by atoms with E-state index in [1.807, 2.05) is 24.3 Å². The molecule has 2 saturated carbocycles. The van der Waals surface area contributed by atoms with E-state index in [0.29, 0.717) is 41.9 Å². The summed E-state index contributed by atoms with van der Waals surface area (Å²) in [5, 5.41) is 9.29. The van der Waals surface area contributed by atoms with Crippen molar-refractivity contribution in [3.05, 3.63) is 50.7 Å². The van der Waals surface area contributed by atoms with Crippen molar-refractivity contribution in [1.82, 2.24) is 19.1 Å². The number of alkyl halides is 2. The van der Waals surface area contributed by atoms with E-state index >= 15 is 0 Å². The third-order valence-corrected chi connectivity index (χ3v) is 10.9. The number of fused-ring (bicyclic) bond motifs is 1. The number of halogens is 2. The molecule has 1 aromatic carbocycles. The fourth-order valence-electron chi connectivity index (χ4n) is 6.00. The van der Waals surface area contributed by atoms with E-state index in [1.165, 1.54) is 30.3 Å².